The number of phosphoric acid groups is 1. The SMILES string of the molecule is CC/C=C\C/C=C\C/C=C\C/C=C\C/C=C\C/C=C\CCCCCCCCCCCCCCCCCCCCC(=O)NC(COP(=O)([O-])OCC[N+](C)(C)C)C(O)/C=C/CCCCCCCCCCCCCCCCCCCC. The van der Waals surface area contributed by atoms with Crippen LogP contribution in [-0.2, 0) is 18.4 Å². The van der Waals surface area contributed by atoms with Crippen molar-refractivity contribution in [1.29, 1.82) is 0 Å². The first-order valence-corrected chi connectivity index (χ1v) is 34.9. The highest BCUT2D eigenvalue weighted by atomic mass is 31.2. The predicted molar refractivity (Wildman–Crippen MR) is 343 cm³/mol. The van der Waals surface area contributed by atoms with Gasteiger partial charge in [0.2, 0.25) is 5.91 Å². The zero-order valence-electron chi connectivity index (χ0n) is 52.6. The smallest absolute Gasteiger partial charge is 0.268 e. The molecule has 8 nitrogen and oxygen atoms in total. The van der Waals surface area contributed by atoms with E-state index in [1.807, 2.05) is 27.2 Å². The van der Waals surface area contributed by atoms with Gasteiger partial charge in [0.15, 0.2) is 0 Å². The topological polar surface area (TPSA) is 108 Å². The molecule has 0 aromatic rings. The van der Waals surface area contributed by atoms with Crippen molar-refractivity contribution in [3.8, 4) is 0 Å². The van der Waals surface area contributed by atoms with Crippen LogP contribution in [0.25, 0.3) is 0 Å². The Balaban J connectivity index is 4.03. The fourth-order valence-corrected chi connectivity index (χ4v) is 10.4. The van der Waals surface area contributed by atoms with Crippen molar-refractivity contribution in [2.24, 2.45) is 0 Å². The van der Waals surface area contributed by atoms with Gasteiger partial charge in [-0.15, -0.1) is 0 Å². The summed E-state index contributed by atoms with van der Waals surface area (Å²) in [6, 6.07) is -0.890. The number of hydrogen-bond donors (Lipinski definition) is 2. The van der Waals surface area contributed by atoms with Gasteiger partial charge in [-0.25, -0.2) is 0 Å². The van der Waals surface area contributed by atoms with Gasteiger partial charge in [0, 0.05) is 6.42 Å². The summed E-state index contributed by atoms with van der Waals surface area (Å²) in [5, 5.41) is 13.9. The highest BCUT2D eigenvalue weighted by molar-refractivity contribution is 7.45. The zero-order valence-corrected chi connectivity index (χ0v) is 53.5. The van der Waals surface area contributed by atoms with Crippen LogP contribution in [0, 0.1) is 0 Å². The monoisotopic (exact) mass is 1120 g/mol. The Morgan fingerprint density at radius 2 is 0.772 bits per heavy atom. The molecule has 79 heavy (non-hydrogen) atoms. The van der Waals surface area contributed by atoms with E-state index in [2.05, 4.69) is 92.1 Å². The second-order valence-electron chi connectivity index (χ2n) is 23.8. The van der Waals surface area contributed by atoms with Gasteiger partial charge in [0.05, 0.1) is 39.9 Å². The number of hydrogen-bond acceptors (Lipinski definition) is 6. The third kappa shape index (κ3) is 63.1. The van der Waals surface area contributed by atoms with E-state index in [1.54, 1.807) is 6.08 Å². The minimum atomic E-state index is -4.60. The van der Waals surface area contributed by atoms with Crippen molar-refractivity contribution in [3.05, 3.63) is 85.1 Å². The third-order valence-electron chi connectivity index (χ3n) is 14.9. The highest BCUT2D eigenvalue weighted by Crippen LogP contribution is 2.38. The number of aliphatic hydroxyl groups is 1. The summed E-state index contributed by atoms with van der Waals surface area (Å²) in [7, 11) is 1.27. The van der Waals surface area contributed by atoms with Crippen molar-refractivity contribution in [1.82, 2.24) is 5.32 Å². The Morgan fingerprint density at radius 3 is 1.13 bits per heavy atom. The largest absolute Gasteiger partial charge is 0.756 e. The Hall–Kier alpha value is -2.32. The summed E-state index contributed by atoms with van der Waals surface area (Å²) in [6.07, 6.45) is 85.4. The number of phosphoric ester groups is 1. The summed E-state index contributed by atoms with van der Waals surface area (Å²) < 4.78 is 23.4. The van der Waals surface area contributed by atoms with Crippen LogP contribution >= 0.6 is 7.82 Å². The number of nitrogens with zero attached hydrogens (tertiary/aromatic N) is 1. The molecule has 0 rings (SSSR count). The maximum atomic E-state index is 13.0. The number of rotatable bonds is 61. The van der Waals surface area contributed by atoms with Gasteiger partial charge in [-0.05, 0) is 70.6 Å². The maximum Gasteiger partial charge on any atom is 0.268 e. The number of likely N-dealkylation sites (N-methyl/N-ethyl adjacent to an activating group) is 1. The van der Waals surface area contributed by atoms with E-state index in [0.29, 0.717) is 17.4 Å². The minimum absolute atomic E-state index is 0.00174. The van der Waals surface area contributed by atoms with Crippen LogP contribution in [-0.4, -0.2) is 68.5 Å². The molecule has 0 bridgehead atoms. The summed E-state index contributed by atoms with van der Waals surface area (Å²) in [4.78, 5) is 25.6. The molecule has 0 aliphatic carbocycles. The van der Waals surface area contributed by atoms with Crippen LogP contribution in [0.1, 0.15) is 303 Å². The van der Waals surface area contributed by atoms with E-state index in [1.165, 1.54) is 205 Å². The average Bonchev–Trinajstić information content (AvgIpc) is 3.42. The second-order valence-corrected chi connectivity index (χ2v) is 25.2. The van der Waals surface area contributed by atoms with E-state index in [-0.39, 0.29) is 19.1 Å². The molecule has 0 aromatic heterocycles. The first-order chi connectivity index (χ1) is 38.5. The number of amides is 1. The third-order valence-corrected chi connectivity index (χ3v) is 15.8. The molecule has 9 heteroatoms. The van der Waals surface area contributed by atoms with Crippen LogP contribution in [0.2, 0.25) is 0 Å². The molecule has 0 aromatic carbocycles. The molecule has 0 fully saturated rings. The van der Waals surface area contributed by atoms with Crippen LogP contribution < -0.4 is 10.2 Å². The highest BCUT2D eigenvalue weighted by Gasteiger charge is 2.23. The summed E-state index contributed by atoms with van der Waals surface area (Å²) in [5.74, 6) is -0.195. The normalized spacial score (nSPS) is 14.3. The lowest BCUT2D eigenvalue weighted by atomic mass is 10.0. The van der Waals surface area contributed by atoms with Crippen molar-refractivity contribution in [3.63, 3.8) is 0 Å². The van der Waals surface area contributed by atoms with Gasteiger partial charge in [-0.2, -0.15) is 0 Å². The van der Waals surface area contributed by atoms with E-state index >= 15 is 0 Å². The van der Waals surface area contributed by atoms with Crippen LogP contribution in [0.5, 0.6) is 0 Å². The summed E-state index contributed by atoms with van der Waals surface area (Å²) in [6.45, 7) is 4.57. The Kier molecular flexibility index (Phi) is 58.5. The van der Waals surface area contributed by atoms with E-state index in [9.17, 15) is 19.4 Å². The molecule has 0 saturated heterocycles. The maximum absolute atomic E-state index is 13.0. The molecule has 1 amide bonds. The number of unbranched alkanes of at least 4 members (excludes halogenated alkanes) is 36. The Bertz CT molecular complexity index is 1560. The molecule has 0 radical (unpaired) electrons. The minimum Gasteiger partial charge on any atom is -0.756 e. The Labute approximate surface area is 490 Å². The number of quaternary nitrogens is 1. The first-order valence-electron chi connectivity index (χ1n) is 33.4. The number of aliphatic hydroxyl groups excluding tert-OH is 1. The zero-order chi connectivity index (χ0) is 57.7. The van der Waals surface area contributed by atoms with Crippen molar-refractivity contribution in [2.75, 3.05) is 40.9 Å². The summed E-state index contributed by atoms with van der Waals surface area (Å²) in [5.41, 5.74) is 0. The molecule has 0 aliphatic heterocycles. The van der Waals surface area contributed by atoms with Gasteiger partial charge in [-0.3, -0.25) is 9.36 Å². The molecular formula is C70H129N2O6P. The lowest BCUT2D eigenvalue weighted by molar-refractivity contribution is -0.870. The molecule has 0 heterocycles. The van der Waals surface area contributed by atoms with Crippen molar-refractivity contribution < 1.29 is 32.9 Å². The summed E-state index contributed by atoms with van der Waals surface area (Å²) >= 11 is 0. The number of carbonyl (C=O) groups excluding carboxylic acids is 1. The molecule has 0 aliphatic rings. The van der Waals surface area contributed by atoms with E-state index in [4.69, 9.17) is 9.05 Å². The van der Waals surface area contributed by atoms with E-state index in [0.717, 1.165) is 77.0 Å². The predicted octanol–water partition coefficient (Wildman–Crippen LogP) is 20.5. The van der Waals surface area contributed by atoms with Gasteiger partial charge in [0.1, 0.15) is 13.2 Å². The van der Waals surface area contributed by atoms with Crippen LogP contribution in [0.3, 0.4) is 0 Å². The molecule has 2 N–H and O–H groups in total. The van der Waals surface area contributed by atoms with E-state index < -0.39 is 20.0 Å². The second kappa shape index (κ2) is 60.3. The fourth-order valence-electron chi connectivity index (χ4n) is 9.69. The molecule has 3 atom stereocenters. The van der Waals surface area contributed by atoms with Gasteiger partial charge in [-0.1, -0.05) is 311 Å². The fraction of sp³-hybridized carbons (Fsp3) is 0.786. The molecule has 460 valence electrons. The molecule has 0 spiro atoms. The average molecular weight is 1130 g/mol. The van der Waals surface area contributed by atoms with Crippen LogP contribution in [0.15, 0.2) is 85.1 Å². The van der Waals surface area contributed by atoms with Gasteiger partial charge < -0.3 is 28.8 Å². The standard InChI is InChI=1S/C70H129N2O6P/c1-6-8-10-12-14-16-18-20-22-24-26-28-29-30-31-32-33-34-35-36-37-38-39-40-41-42-43-44-46-48-50-52-54-56-58-60-62-64-70(74)71-68(67-78-79(75,76)77-66-65-72(3,4)5)69(73)63-61-59-57-55-53-51-49-47-45-27-25-23-21-19-17-15-13-11-9-7-2/h8,10,14,16,20,22,26,28,30-31,33-34,61,63,68-69,73H,6-7,9,11-13,15,17-19,21,23-25,27,29,32,35-60,62,64-67H2,1-5H3,(H-,71,74,75,76)/b10-8-,16-14-,22-20-,28-26-,31-30-,34-33-,63-61+. The van der Waals surface area contributed by atoms with Crippen molar-refractivity contribution >= 4 is 13.7 Å². The quantitative estimate of drug-likeness (QED) is 0.0272. The lowest BCUT2D eigenvalue weighted by Gasteiger charge is -2.29. The number of carbonyl (C=O) groups is 1. The lowest BCUT2D eigenvalue weighted by Crippen LogP contribution is -2.45. The number of nitrogens with one attached hydrogen (secondary N) is 1. The van der Waals surface area contributed by atoms with Crippen LogP contribution in [0.4, 0.5) is 0 Å². The molecule has 3 unspecified atom stereocenters. The van der Waals surface area contributed by atoms with Crippen molar-refractivity contribution in [2.45, 2.75) is 315 Å². The number of allylic oxidation sites excluding steroid dienone is 13. The molecular weight excluding hydrogens is 996 g/mol. The first kappa shape index (κ1) is 76.7. The van der Waals surface area contributed by atoms with Gasteiger partial charge in [0.25, 0.3) is 7.82 Å². The Morgan fingerprint density at radius 1 is 0.456 bits per heavy atom. The van der Waals surface area contributed by atoms with Gasteiger partial charge >= 0.3 is 0 Å². The molecule has 0 saturated carbocycles.